The molecule has 29 heavy (non-hydrogen) atoms. The molecule has 0 unspecified atom stereocenters. The molecule has 2 heterocycles. The molecule has 1 aromatic heterocycles. The van der Waals surface area contributed by atoms with Crippen LogP contribution in [-0.2, 0) is 20.7 Å². The zero-order valence-corrected chi connectivity index (χ0v) is 16.8. The van der Waals surface area contributed by atoms with Crippen molar-refractivity contribution in [2.45, 2.75) is 57.9 Å². The summed E-state index contributed by atoms with van der Waals surface area (Å²) < 4.78 is 35.5. The van der Waals surface area contributed by atoms with Crippen LogP contribution in [0.15, 0.2) is 0 Å². The third kappa shape index (κ3) is 6.66. The van der Waals surface area contributed by atoms with E-state index in [1.807, 2.05) is 0 Å². The van der Waals surface area contributed by atoms with Crippen LogP contribution in [0.2, 0.25) is 0 Å². The molecule has 162 valence electrons. The summed E-state index contributed by atoms with van der Waals surface area (Å²) in [4.78, 5) is 23.9. The van der Waals surface area contributed by atoms with Gasteiger partial charge in [0.2, 0.25) is 0 Å². The topological polar surface area (TPSA) is 131 Å². The monoisotopic (exact) mass is 411 g/mol. The van der Waals surface area contributed by atoms with Crippen LogP contribution in [0.1, 0.15) is 55.4 Å². The number of nitrogens with one attached hydrogen (secondary N) is 3. The molecule has 10 heteroatoms. The molecule has 0 bridgehead atoms. The maximum atomic E-state index is 12.7. The zero-order chi connectivity index (χ0) is 23.2. The van der Waals surface area contributed by atoms with Gasteiger partial charge in [0, 0.05) is 15.7 Å². The fourth-order valence-electron chi connectivity index (χ4n) is 3.98. The highest BCUT2D eigenvalue weighted by molar-refractivity contribution is 5.76. The Morgan fingerprint density at radius 1 is 1.31 bits per heavy atom. The van der Waals surface area contributed by atoms with Crippen LogP contribution in [0.25, 0.3) is 0 Å². The Kier molecular flexibility index (Phi) is 6.73. The van der Waals surface area contributed by atoms with Crippen molar-refractivity contribution in [3.05, 3.63) is 5.82 Å². The van der Waals surface area contributed by atoms with Crippen molar-refractivity contribution in [1.29, 1.82) is 0 Å². The van der Waals surface area contributed by atoms with Crippen molar-refractivity contribution in [2.24, 2.45) is 17.8 Å². The maximum Gasteiger partial charge on any atom is 0.407 e. The predicted molar refractivity (Wildman–Crippen MR) is 104 cm³/mol. The van der Waals surface area contributed by atoms with E-state index in [9.17, 15) is 9.59 Å². The van der Waals surface area contributed by atoms with Gasteiger partial charge in [-0.3, -0.25) is 4.79 Å². The first-order chi connectivity index (χ1) is 15.2. The van der Waals surface area contributed by atoms with Crippen LogP contribution in [0, 0.1) is 17.8 Å². The van der Waals surface area contributed by atoms with E-state index in [1.54, 1.807) is 6.92 Å². The average Bonchev–Trinajstić information content (AvgIpc) is 3.25. The average molecular weight is 412 g/mol. The molecule has 0 spiro atoms. The van der Waals surface area contributed by atoms with Gasteiger partial charge < -0.3 is 20.1 Å². The molecular weight excluding hydrogens is 376 g/mol. The Hall–Kier alpha value is -2.23. The van der Waals surface area contributed by atoms with Crippen LogP contribution in [0.3, 0.4) is 0 Å². The van der Waals surface area contributed by atoms with Crippen molar-refractivity contribution < 1.29 is 23.2 Å². The van der Waals surface area contributed by atoms with E-state index in [0.717, 1.165) is 19.3 Å². The number of aromatic nitrogens is 4. The number of ether oxygens (including phenoxy) is 2. The first-order valence-electron chi connectivity index (χ1n) is 11.8. The van der Waals surface area contributed by atoms with Crippen molar-refractivity contribution in [1.82, 2.24) is 31.3 Å². The zero-order valence-electron chi connectivity index (χ0n) is 19.8. The van der Waals surface area contributed by atoms with Crippen LogP contribution in [0.4, 0.5) is 4.79 Å². The minimum atomic E-state index is -1.84. The molecule has 10 nitrogen and oxygen atoms in total. The second-order valence-corrected chi connectivity index (χ2v) is 7.50. The summed E-state index contributed by atoms with van der Waals surface area (Å²) in [5.41, 5.74) is 0. The molecular formula is C19H32N6O4. The number of H-pyrrole nitrogens is 1. The molecule has 0 radical (unpaired) electrons. The van der Waals surface area contributed by atoms with E-state index in [1.165, 1.54) is 0 Å². The number of tetrazole rings is 1. The predicted octanol–water partition coefficient (Wildman–Crippen LogP) is 1.21. The lowest BCUT2D eigenvalue weighted by molar-refractivity contribution is -0.148. The number of fused-ring (bicyclic) bond motifs is 1. The van der Waals surface area contributed by atoms with E-state index < -0.39 is 24.6 Å². The third-order valence-corrected chi connectivity index (χ3v) is 5.48. The summed E-state index contributed by atoms with van der Waals surface area (Å²) in [6, 6.07) is -1.84. The van der Waals surface area contributed by atoms with E-state index in [4.69, 9.17) is 13.6 Å². The summed E-state index contributed by atoms with van der Waals surface area (Å²) in [5.74, 6) is -0.110. The van der Waals surface area contributed by atoms with Gasteiger partial charge in [-0.05, 0) is 63.3 Å². The number of esters is 1. The van der Waals surface area contributed by atoms with Crippen molar-refractivity contribution >= 4 is 12.1 Å². The van der Waals surface area contributed by atoms with E-state index in [2.05, 4.69) is 31.3 Å². The lowest BCUT2D eigenvalue weighted by Gasteiger charge is -2.42. The van der Waals surface area contributed by atoms with Gasteiger partial charge >= 0.3 is 12.1 Å². The molecule has 1 aromatic rings. The van der Waals surface area contributed by atoms with Crippen LogP contribution >= 0.6 is 0 Å². The van der Waals surface area contributed by atoms with Gasteiger partial charge in [0.15, 0.2) is 5.82 Å². The van der Waals surface area contributed by atoms with Crippen molar-refractivity contribution in [3.63, 3.8) is 0 Å². The summed E-state index contributed by atoms with van der Waals surface area (Å²) in [6.45, 7) is 0.456. The summed E-state index contributed by atoms with van der Waals surface area (Å²) in [5, 5.41) is 19.1. The Morgan fingerprint density at radius 2 is 2.21 bits per heavy atom. The molecule has 1 saturated heterocycles. The number of hydrogen-bond donors (Lipinski definition) is 3. The van der Waals surface area contributed by atoms with Crippen molar-refractivity contribution in [3.8, 4) is 0 Å². The van der Waals surface area contributed by atoms with E-state index in [-0.39, 0.29) is 38.0 Å². The second kappa shape index (κ2) is 11.1. The first-order valence-corrected chi connectivity index (χ1v) is 10.3. The molecule has 1 amide bonds. The molecule has 3 N–H and O–H groups in total. The van der Waals surface area contributed by atoms with Crippen LogP contribution in [-0.4, -0.2) is 65.0 Å². The number of aryl methyl sites for hydroxylation is 1. The quantitative estimate of drug-likeness (QED) is 0.408. The maximum absolute atomic E-state index is 12.7. The fraction of sp³-hybridized carbons (Fsp3) is 0.842. The molecule has 4 atom stereocenters. The highest BCUT2D eigenvalue weighted by Gasteiger charge is 2.38. The summed E-state index contributed by atoms with van der Waals surface area (Å²) >= 11 is 0. The summed E-state index contributed by atoms with van der Waals surface area (Å²) in [7, 11) is 0. The molecule has 2 aliphatic rings. The number of rotatable bonds is 9. The van der Waals surface area contributed by atoms with Crippen molar-refractivity contribution in [2.75, 3.05) is 26.3 Å². The minimum absolute atomic E-state index is 0.0258. The number of alkyl carbamates (subject to hydrolysis) is 1. The Labute approximate surface area is 175 Å². The number of carbonyl (C=O) groups is 2. The third-order valence-electron chi connectivity index (χ3n) is 5.48. The van der Waals surface area contributed by atoms with Gasteiger partial charge in [0.1, 0.15) is 6.02 Å². The Bertz CT molecular complexity index is 768. The van der Waals surface area contributed by atoms with E-state index >= 15 is 0 Å². The highest BCUT2D eigenvalue weighted by atomic mass is 16.5. The smallest absolute Gasteiger partial charge is 0.407 e. The van der Waals surface area contributed by atoms with Crippen LogP contribution < -0.4 is 10.6 Å². The minimum Gasteiger partial charge on any atom is -0.464 e. The van der Waals surface area contributed by atoms with E-state index in [0.29, 0.717) is 31.0 Å². The number of aromatic amines is 1. The highest BCUT2D eigenvalue weighted by Crippen LogP contribution is 2.40. The standard InChI is InChI=1S/C19H32N6O4/c1-2-28-19(27)20-8-3-9-29-18(26)16-11-15-10-13(4-6-14(15)12-21-16)5-7-17-22-24-25-23-17/h13-16,21H,2-12H2,1H3,(H,20,27)(H,22,23,24,25)/t13-,14+,15-,16+/m1/s1/i12D2,16D. The Morgan fingerprint density at radius 3 is 3.00 bits per heavy atom. The number of nitrogens with zero attached hydrogens (tertiary/aromatic N) is 3. The van der Waals surface area contributed by atoms with Gasteiger partial charge in [0.25, 0.3) is 0 Å². The lowest BCUT2D eigenvalue weighted by Crippen LogP contribution is -2.50. The molecule has 1 saturated carbocycles. The Balaban J connectivity index is 1.50. The van der Waals surface area contributed by atoms with Crippen LogP contribution in [0.5, 0.6) is 0 Å². The van der Waals surface area contributed by atoms with Gasteiger partial charge in [-0.2, -0.15) is 5.21 Å². The van der Waals surface area contributed by atoms with Gasteiger partial charge in [-0.25, -0.2) is 4.79 Å². The number of carbonyl (C=O) groups excluding carboxylic acids is 2. The largest absolute Gasteiger partial charge is 0.464 e. The second-order valence-electron chi connectivity index (χ2n) is 7.50. The SMILES string of the molecule is [2H]C1([2H])N[C@]([2H])(C(=O)OCCCNC(=O)OCC)C[C@H]2C[C@@H](CCc3nn[nH]n3)CC[C@H]21. The number of piperidine rings is 1. The normalized spacial score (nSPS) is 32.2. The van der Waals surface area contributed by atoms with Gasteiger partial charge in [-0.1, -0.05) is 11.6 Å². The van der Waals surface area contributed by atoms with Gasteiger partial charge in [-0.15, -0.1) is 10.2 Å². The number of amides is 1. The first kappa shape index (κ1) is 17.6. The number of hydrogen-bond acceptors (Lipinski definition) is 8. The molecule has 0 aromatic carbocycles. The molecule has 3 rings (SSSR count). The van der Waals surface area contributed by atoms with Gasteiger partial charge in [0.05, 0.1) is 14.6 Å². The molecule has 1 aliphatic heterocycles. The molecule has 1 aliphatic carbocycles. The fourth-order valence-corrected chi connectivity index (χ4v) is 3.98. The lowest BCUT2D eigenvalue weighted by atomic mass is 9.69. The summed E-state index contributed by atoms with van der Waals surface area (Å²) in [6.07, 6.45) is 3.94. The molecule has 2 fully saturated rings.